The normalized spacial score (nSPS) is 11.4. The quantitative estimate of drug-likeness (QED) is 0.139. The number of hydrogen-bond acceptors (Lipinski definition) is 8. The fraction of sp³-hybridized carbons (Fsp3) is 0.167. The highest BCUT2D eigenvalue weighted by molar-refractivity contribution is 6.30. The average Bonchev–Trinajstić information content (AvgIpc) is 3.56. The number of hydrogen-bond donors (Lipinski definition) is 4. The van der Waals surface area contributed by atoms with E-state index in [2.05, 4.69) is 41.5 Å². The number of amides is 4. The summed E-state index contributed by atoms with van der Waals surface area (Å²) in [6.07, 6.45) is 4.58. The number of carbonyl (C=O) groups excluding carboxylic acids is 4. The first kappa shape index (κ1) is 31.4. The molecule has 1 heterocycles. The standard InChI is InChI=1S/C30H29ClN8O5/c1-44-28(41)15-16-32-30(43)35-24-11-9-23(10-12-24)34-29(42)25(17-20-5-3-2-4-6-20)36-27(40)14-7-21-18-22(31)8-13-26(21)39-19-33-37-38-39/h2-14,18-19,25H,15-17H2,1H3,(H,34,42)(H,36,40)(H2,32,35,43)/t25-/m0/s1. The monoisotopic (exact) mass is 616 g/mol. The van der Waals surface area contributed by atoms with Crippen LogP contribution in [0.15, 0.2) is 85.2 Å². The van der Waals surface area contributed by atoms with Crippen LogP contribution in [-0.2, 0) is 25.5 Å². The Bertz CT molecular complexity index is 1610. The number of halogens is 1. The van der Waals surface area contributed by atoms with Gasteiger partial charge in [0.15, 0.2) is 0 Å². The number of esters is 1. The molecule has 0 unspecified atom stereocenters. The number of urea groups is 1. The summed E-state index contributed by atoms with van der Waals surface area (Å²) in [7, 11) is 1.27. The van der Waals surface area contributed by atoms with E-state index in [-0.39, 0.29) is 19.4 Å². The van der Waals surface area contributed by atoms with Crippen molar-refractivity contribution in [3.8, 4) is 5.69 Å². The highest BCUT2D eigenvalue weighted by atomic mass is 35.5. The molecular weight excluding hydrogens is 588 g/mol. The lowest BCUT2D eigenvalue weighted by Gasteiger charge is -2.18. The molecule has 14 heteroatoms. The smallest absolute Gasteiger partial charge is 0.319 e. The zero-order valence-electron chi connectivity index (χ0n) is 23.6. The van der Waals surface area contributed by atoms with Gasteiger partial charge in [0.25, 0.3) is 0 Å². The zero-order chi connectivity index (χ0) is 31.3. The van der Waals surface area contributed by atoms with Crippen LogP contribution in [0.2, 0.25) is 5.02 Å². The Balaban J connectivity index is 1.41. The molecule has 0 radical (unpaired) electrons. The van der Waals surface area contributed by atoms with Crippen LogP contribution in [0.4, 0.5) is 16.2 Å². The number of methoxy groups -OCH3 is 1. The van der Waals surface area contributed by atoms with Gasteiger partial charge in [-0.3, -0.25) is 14.4 Å². The minimum absolute atomic E-state index is 0.0493. The first-order valence-electron chi connectivity index (χ1n) is 13.4. The molecule has 1 aromatic heterocycles. The summed E-state index contributed by atoms with van der Waals surface area (Å²) in [6, 6.07) is 19.4. The van der Waals surface area contributed by atoms with Crippen molar-refractivity contribution in [2.75, 3.05) is 24.3 Å². The number of benzene rings is 3. The minimum Gasteiger partial charge on any atom is -0.469 e. The second kappa shape index (κ2) is 15.6. The molecule has 0 bridgehead atoms. The SMILES string of the molecule is COC(=O)CCNC(=O)Nc1ccc(NC(=O)[C@H](Cc2ccccc2)NC(=O)C=Cc2cc(Cl)ccc2-n2cnnn2)cc1. The molecule has 0 saturated heterocycles. The third-order valence-corrected chi connectivity index (χ3v) is 6.40. The molecule has 4 rings (SSSR count). The minimum atomic E-state index is -0.911. The molecule has 226 valence electrons. The maximum atomic E-state index is 13.3. The molecular formula is C30H29ClN8O5. The molecule has 0 aliphatic heterocycles. The molecule has 13 nitrogen and oxygen atoms in total. The predicted molar refractivity (Wildman–Crippen MR) is 164 cm³/mol. The topological polar surface area (TPSA) is 169 Å². The number of anilines is 2. The van der Waals surface area contributed by atoms with Gasteiger partial charge < -0.3 is 26.0 Å². The Morgan fingerprint density at radius 1 is 0.977 bits per heavy atom. The Morgan fingerprint density at radius 3 is 2.39 bits per heavy atom. The molecule has 0 aliphatic carbocycles. The van der Waals surface area contributed by atoms with Gasteiger partial charge in [0.1, 0.15) is 12.4 Å². The van der Waals surface area contributed by atoms with Crippen LogP contribution in [0.3, 0.4) is 0 Å². The van der Waals surface area contributed by atoms with Crippen molar-refractivity contribution in [3.63, 3.8) is 0 Å². The number of aromatic nitrogens is 4. The summed E-state index contributed by atoms with van der Waals surface area (Å²) >= 11 is 6.17. The van der Waals surface area contributed by atoms with E-state index in [0.29, 0.717) is 27.6 Å². The highest BCUT2D eigenvalue weighted by Crippen LogP contribution is 2.20. The molecule has 3 aromatic carbocycles. The average molecular weight is 617 g/mol. The summed E-state index contributed by atoms with van der Waals surface area (Å²) in [5.74, 6) is -1.37. The van der Waals surface area contributed by atoms with E-state index in [1.165, 1.54) is 24.2 Å². The number of nitrogens with one attached hydrogen (secondary N) is 4. The van der Waals surface area contributed by atoms with Gasteiger partial charge >= 0.3 is 12.0 Å². The third-order valence-electron chi connectivity index (χ3n) is 6.17. The lowest BCUT2D eigenvalue weighted by Crippen LogP contribution is -2.44. The van der Waals surface area contributed by atoms with E-state index in [1.807, 2.05) is 30.3 Å². The second-order valence-electron chi connectivity index (χ2n) is 9.32. The largest absolute Gasteiger partial charge is 0.469 e. The number of tetrazole rings is 1. The van der Waals surface area contributed by atoms with Crippen LogP contribution in [0, 0.1) is 0 Å². The summed E-state index contributed by atoms with van der Waals surface area (Å²) in [5, 5.41) is 22.4. The molecule has 0 saturated carbocycles. The van der Waals surface area contributed by atoms with Crippen molar-refractivity contribution < 1.29 is 23.9 Å². The zero-order valence-corrected chi connectivity index (χ0v) is 24.3. The Hall–Kier alpha value is -5.56. The van der Waals surface area contributed by atoms with Crippen LogP contribution in [-0.4, -0.2) is 63.7 Å². The van der Waals surface area contributed by atoms with Gasteiger partial charge in [0.05, 0.1) is 19.2 Å². The van der Waals surface area contributed by atoms with Crippen molar-refractivity contribution in [2.45, 2.75) is 18.9 Å². The van der Waals surface area contributed by atoms with Crippen LogP contribution in [0.25, 0.3) is 11.8 Å². The molecule has 0 fully saturated rings. The molecule has 1 atom stereocenters. The third kappa shape index (κ3) is 9.49. The molecule has 44 heavy (non-hydrogen) atoms. The number of ether oxygens (including phenoxy) is 1. The van der Waals surface area contributed by atoms with Gasteiger partial charge in [-0.1, -0.05) is 41.9 Å². The Kier molecular flexibility index (Phi) is 11.1. The van der Waals surface area contributed by atoms with E-state index in [4.69, 9.17) is 11.6 Å². The van der Waals surface area contributed by atoms with Gasteiger partial charge in [0, 0.05) is 41.0 Å². The lowest BCUT2D eigenvalue weighted by molar-refractivity contribution is -0.140. The molecule has 4 amide bonds. The van der Waals surface area contributed by atoms with E-state index in [0.717, 1.165) is 5.56 Å². The van der Waals surface area contributed by atoms with E-state index < -0.39 is 29.9 Å². The lowest BCUT2D eigenvalue weighted by atomic mass is 10.0. The number of carbonyl (C=O) groups is 4. The Labute approximate surface area is 257 Å². The summed E-state index contributed by atoms with van der Waals surface area (Å²) in [6.45, 7) is 0.121. The van der Waals surface area contributed by atoms with Gasteiger partial charge in [-0.2, -0.15) is 4.68 Å². The summed E-state index contributed by atoms with van der Waals surface area (Å²) in [5.41, 5.74) is 2.98. The fourth-order valence-corrected chi connectivity index (χ4v) is 4.19. The van der Waals surface area contributed by atoms with E-state index >= 15 is 0 Å². The summed E-state index contributed by atoms with van der Waals surface area (Å²) < 4.78 is 5.98. The van der Waals surface area contributed by atoms with Crippen molar-refractivity contribution in [1.29, 1.82) is 0 Å². The summed E-state index contributed by atoms with van der Waals surface area (Å²) in [4.78, 5) is 49.6. The fourth-order valence-electron chi connectivity index (χ4n) is 4.01. The maximum Gasteiger partial charge on any atom is 0.319 e. The predicted octanol–water partition coefficient (Wildman–Crippen LogP) is 3.38. The second-order valence-corrected chi connectivity index (χ2v) is 9.75. The number of nitrogens with zero attached hydrogens (tertiary/aromatic N) is 4. The Morgan fingerprint density at radius 2 is 1.70 bits per heavy atom. The molecule has 4 aromatic rings. The van der Waals surface area contributed by atoms with Crippen molar-refractivity contribution in [1.82, 2.24) is 30.8 Å². The molecule has 0 spiro atoms. The number of rotatable bonds is 12. The van der Waals surface area contributed by atoms with Crippen LogP contribution in [0.1, 0.15) is 17.5 Å². The van der Waals surface area contributed by atoms with Crippen LogP contribution in [0.5, 0.6) is 0 Å². The van der Waals surface area contributed by atoms with E-state index in [1.54, 1.807) is 48.5 Å². The molecule has 4 N–H and O–H groups in total. The molecule has 0 aliphatic rings. The van der Waals surface area contributed by atoms with Crippen LogP contribution >= 0.6 is 11.6 Å². The van der Waals surface area contributed by atoms with Gasteiger partial charge in [-0.15, -0.1) is 5.10 Å². The first-order chi connectivity index (χ1) is 21.3. The highest BCUT2D eigenvalue weighted by Gasteiger charge is 2.21. The first-order valence-corrected chi connectivity index (χ1v) is 13.8. The van der Waals surface area contributed by atoms with Gasteiger partial charge in [-0.05, 0) is 64.5 Å². The maximum absolute atomic E-state index is 13.3. The van der Waals surface area contributed by atoms with Crippen molar-refractivity contribution in [3.05, 3.63) is 101 Å². The van der Waals surface area contributed by atoms with Gasteiger partial charge in [0.2, 0.25) is 11.8 Å². The van der Waals surface area contributed by atoms with E-state index in [9.17, 15) is 19.2 Å². The van der Waals surface area contributed by atoms with Crippen molar-refractivity contribution >= 4 is 52.9 Å². The van der Waals surface area contributed by atoms with Gasteiger partial charge in [-0.25, -0.2) is 4.79 Å². The van der Waals surface area contributed by atoms with Crippen LogP contribution < -0.4 is 21.3 Å². The van der Waals surface area contributed by atoms with Crippen molar-refractivity contribution in [2.24, 2.45) is 0 Å².